The first kappa shape index (κ1) is 12.9. The van der Waals surface area contributed by atoms with Crippen LogP contribution < -0.4 is 20.7 Å². The van der Waals surface area contributed by atoms with Gasteiger partial charge in [0, 0.05) is 38.9 Å². The van der Waals surface area contributed by atoms with E-state index in [4.69, 9.17) is 15.2 Å². The van der Waals surface area contributed by atoms with Crippen LogP contribution in [-0.2, 0) is 4.74 Å². The van der Waals surface area contributed by atoms with Crippen LogP contribution in [0.2, 0.25) is 0 Å². The van der Waals surface area contributed by atoms with Crippen molar-refractivity contribution >= 4 is 11.5 Å². The van der Waals surface area contributed by atoms with E-state index in [1.54, 1.807) is 26.5 Å². The fraction of sp³-hybridized carbons (Fsp3) is 0.583. The minimum absolute atomic E-state index is 0.325. The average Bonchev–Trinajstić information content (AvgIpc) is 2.39. The molecule has 1 atom stereocenters. The van der Waals surface area contributed by atoms with Crippen LogP contribution in [0.3, 0.4) is 0 Å². The fourth-order valence-electron chi connectivity index (χ4n) is 2.20. The highest BCUT2D eigenvalue weighted by Crippen LogP contribution is 2.29. The molecule has 100 valence electrons. The molecule has 1 fully saturated rings. The monoisotopic (exact) mass is 252 g/mol. The molecule has 1 aromatic rings. The van der Waals surface area contributed by atoms with Crippen molar-refractivity contribution in [3.8, 4) is 5.75 Å². The average molecular weight is 252 g/mol. The second kappa shape index (κ2) is 5.88. The minimum Gasteiger partial charge on any atom is -0.494 e. The van der Waals surface area contributed by atoms with Crippen LogP contribution in [0.5, 0.6) is 5.75 Å². The van der Waals surface area contributed by atoms with E-state index in [9.17, 15) is 0 Å². The Bertz CT molecular complexity index is 398. The SMILES string of the molecule is COCC1CN(c2cnc(N)cc2OC)CCN1. The molecular formula is C12H20N4O2. The van der Waals surface area contributed by atoms with Crippen molar-refractivity contribution in [1.29, 1.82) is 0 Å². The second-order valence-electron chi connectivity index (χ2n) is 4.33. The van der Waals surface area contributed by atoms with Crippen molar-refractivity contribution in [2.45, 2.75) is 6.04 Å². The van der Waals surface area contributed by atoms with E-state index in [1.165, 1.54) is 0 Å². The van der Waals surface area contributed by atoms with E-state index >= 15 is 0 Å². The van der Waals surface area contributed by atoms with Crippen molar-refractivity contribution in [2.75, 3.05) is 51.1 Å². The molecule has 1 unspecified atom stereocenters. The van der Waals surface area contributed by atoms with Crippen LogP contribution in [-0.4, -0.2) is 51.5 Å². The van der Waals surface area contributed by atoms with Gasteiger partial charge < -0.3 is 25.4 Å². The van der Waals surface area contributed by atoms with Gasteiger partial charge in [0.1, 0.15) is 11.6 Å². The van der Waals surface area contributed by atoms with Crippen molar-refractivity contribution in [3.63, 3.8) is 0 Å². The molecule has 0 aliphatic carbocycles. The van der Waals surface area contributed by atoms with Gasteiger partial charge in [-0.05, 0) is 0 Å². The molecule has 0 radical (unpaired) electrons. The molecule has 1 saturated heterocycles. The number of nitrogens with two attached hydrogens (primary N) is 1. The Morgan fingerprint density at radius 1 is 1.56 bits per heavy atom. The molecule has 0 bridgehead atoms. The van der Waals surface area contributed by atoms with Gasteiger partial charge in [-0.15, -0.1) is 0 Å². The maximum atomic E-state index is 5.67. The molecule has 1 aromatic heterocycles. The fourth-order valence-corrected chi connectivity index (χ4v) is 2.20. The molecule has 18 heavy (non-hydrogen) atoms. The summed E-state index contributed by atoms with van der Waals surface area (Å²) >= 11 is 0. The lowest BCUT2D eigenvalue weighted by atomic mass is 10.2. The topological polar surface area (TPSA) is 72.6 Å². The van der Waals surface area contributed by atoms with Crippen molar-refractivity contribution in [1.82, 2.24) is 10.3 Å². The quantitative estimate of drug-likeness (QED) is 0.791. The zero-order valence-electron chi connectivity index (χ0n) is 10.8. The summed E-state index contributed by atoms with van der Waals surface area (Å²) in [6, 6.07) is 2.08. The molecule has 0 amide bonds. The normalized spacial score (nSPS) is 19.9. The first-order chi connectivity index (χ1) is 8.74. The lowest BCUT2D eigenvalue weighted by molar-refractivity contribution is 0.163. The number of rotatable bonds is 4. The number of nitrogens with zero attached hydrogens (tertiary/aromatic N) is 2. The summed E-state index contributed by atoms with van der Waals surface area (Å²) in [5.41, 5.74) is 6.65. The van der Waals surface area contributed by atoms with Gasteiger partial charge in [-0.25, -0.2) is 4.98 Å². The maximum Gasteiger partial charge on any atom is 0.147 e. The number of pyridine rings is 1. The molecular weight excluding hydrogens is 232 g/mol. The van der Waals surface area contributed by atoms with Crippen LogP contribution in [0.15, 0.2) is 12.3 Å². The summed E-state index contributed by atoms with van der Waals surface area (Å²) in [6.07, 6.45) is 1.77. The van der Waals surface area contributed by atoms with Crippen LogP contribution in [0.4, 0.5) is 11.5 Å². The third kappa shape index (κ3) is 2.83. The number of hydrogen-bond donors (Lipinski definition) is 2. The summed E-state index contributed by atoms with van der Waals surface area (Å²) in [6.45, 7) is 3.40. The molecule has 0 saturated carbocycles. The van der Waals surface area contributed by atoms with Gasteiger partial charge in [0.05, 0.1) is 25.6 Å². The zero-order valence-corrected chi connectivity index (χ0v) is 10.8. The Hall–Kier alpha value is -1.53. The number of ether oxygens (including phenoxy) is 2. The molecule has 1 aliphatic rings. The van der Waals surface area contributed by atoms with Crippen molar-refractivity contribution in [2.24, 2.45) is 0 Å². The smallest absolute Gasteiger partial charge is 0.147 e. The molecule has 1 aliphatic heterocycles. The van der Waals surface area contributed by atoms with Gasteiger partial charge in [0.25, 0.3) is 0 Å². The summed E-state index contributed by atoms with van der Waals surface area (Å²) in [5, 5.41) is 3.42. The van der Waals surface area contributed by atoms with E-state index in [1.807, 2.05) is 0 Å². The molecule has 6 heteroatoms. The lowest BCUT2D eigenvalue weighted by Gasteiger charge is -2.35. The minimum atomic E-state index is 0.325. The summed E-state index contributed by atoms with van der Waals surface area (Å²) in [5.74, 6) is 1.24. The standard InChI is InChI=1S/C12H20N4O2/c1-17-8-9-7-16(4-3-14-9)10-6-15-12(13)5-11(10)18-2/h5-6,9,14H,3-4,7-8H2,1-2H3,(H2,13,15). The first-order valence-electron chi connectivity index (χ1n) is 6.01. The molecule has 0 aromatic carbocycles. The highest BCUT2D eigenvalue weighted by Gasteiger charge is 2.22. The summed E-state index contributed by atoms with van der Waals surface area (Å²) in [4.78, 5) is 6.38. The van der Waals surface area contributed by atoms with Gasteiger partial charge in [-0.1, -0.05) is 0 Å². The van der Waals surface area contributed by atoms with E-state index in [-0.39, 0.29) is 0 Å². The van der Waals surface area contributed by atoms with E-state index in [0.29, 0.717) is 18.5 Å². The number of hydrogen-bond acceptors (Lipinski definition) is 6. The van der Waals surface area contributed by atoms with Crippen LogP contribution in [0.1, 0.15) is 0 Å². The molecule has 6 nitrogen and oxygen atoms in total. The highest BCUT2D eigenvalue weighted by atomic mass is 16.5. The van der Waals surface area contributed by atoms with Gasteiger partial charge in [-0.2, -0.15) is 0 Å². The number of methoxy groups -OCH3 is 2. The molecule has 3 N–H and O–H groups in total. The molecule has 0 spiro atoms. The number of aromatic nitrogens is 1. The number of nitrogen functional groups attached to an aromatic ring is 1. The zero-order chi connectivity index (χ0) is 13.0. The van der Waals surface area contributed by atoms with Crippen LogP contribution in [0.25, 0.3) is 0 Å². The Morgan fingerprint density at radius 2 is 2.39 bits per heavy atom. The first-order valence-corrected chi connectivity index (χ1v) is 6.01. The van der Waals surface area contributed by atoms with Crippen molar-refractivity contribution in [3.05, 3.63) is 12.3 Å². The number of piperazine rings is 1. The van der Waals surface area contributed by atoms with E-state index < -0.39 is 0 Å². The van der Waals surface area contributed by atoms with Crippen LogP contribution in [0, 0.1) is 0 Å². The molecule has 2 rings (SSSR count). The summed E-state index contributed by atoms with van der Waals surface area (Å²) < 4.78 is 10.5. The Kier molecular flexibility index (Phi) is 4.22. The molecule has 2 heterocycles. The second-order valence-corrected chi connectivity index (χ2v) is 4.33. The predicted molar refractivity (Wildman–Crippen MR) is 71.1 cm³/mol. The Balaban J connectivity index is 2.15. The van der Waals surface area contributed by atoms with Gasteiger partial charge in [0.15, 0.2) is 0 Å². The number of nitrogens with one attached hydrogen (secondary N) is 1. The third-order valence-electron chi connectivity index (χ3n) is 3.05. The van der Waals surface area contributed by atoms with E-state index in [2.05, 4.69) is 15.2 Å². The highest BCUT2D eigenvalue weighted by molar-refractivity contribution is 5.60. The van der Waals surface area contributed by atoms with Gasteiger partial charge in [-0.3, -0.25) is 0 Å². The largest absolute Gasteiger partial charge is 0.494 e. The number of anilines is 2. The predicted octanol–water partition coefficient (Wildman–Crippen LogP) is 0.0970. The van der Waals surface area contributed by atoms with Gasteiger partial charge >= 0.3 is 0 Å². The Labute approximate surface area is 107 Å². The third-order valence-corrected chi connectivity index (χ3v) is 3.05. The lowest BCUT2D eigenvalue weighted by Crippen LogP contribution is -2.52. The van der Waals surface area contributed by atoms with E-state index in [0.717, 1.165) is 31.1 Å². The van der Waals surface area contributed by atoms with Crippen molar-refractivity contribution < 1.29 is 9.47 Å². The van der Waals surface area contributed by atoms with Crippen LogP contribution >= 0.6 is 0 Å². The Morgan fingerprint density at radius 3 is 3.11 bits per heavy atom. The van der Waals surface area contributed by atoms with Gasteiger partial charge in [0.2, 0.25) is 0 Å². The maximum absolute atomic E-state index is 5.67. The summed E-state index contributed by atoms with van der Waals surface area (Å²) in [7, 11) is 3.36.